The number of halogens is 4. The van der Waals surface area contributed by atoms with Gasteiger partial charge in [0.25, 0.3) is 0 Å². The topological polar surface area (TPSA) is 38.8 Å². The molecule has 1 aliphatic rings. The van der Waals surface area contributed by atoms with Gasteiger partial charge in [-0.15, -0.1) is 0 Å². The predicted octanol–water partition coefficient (Wildman–Crippen LogP) is 7.51. The zero-order chi connectivity index (χ0) is 25.4. The Kier molecular flexibility index (Phi) is 6.16. The zero-order valence-corrected chi connectivity index (χ0v) is 18.7. The van der Waals surface area contributed by atoms with Gasteiger partial charge in [-0.3, -0.25) is 0 Å². The van der Waals surface area contributed by atoms with Crippen LogP contribution in [0.25, 0.3) is 28.3 Å². The Hall–Kier alpha value is -4.23. The molecule has 4 aromatic rings. The molecule has 0 bridgehead atoms. The Morgan fingerprint density at radius 3 is 1.86 bits per heavy atom. The fourth-order valence-electron chi connectivity index (χ4n) is 3.84. The van der Waals surface area contributed by atoms with Gasteiger partial charge in [-0.1, -0.05) is 61.2 Å². The molecule has 0 saturated carbocycles. The molecule has 1 heterocycles. The smallest absolute Gasteiger partial charge is 0.343 e. The van der Waals surface area contributed by atoms with E-state index in [-0.39, 0.29) is 22.3 Å². The van der Waals surface area contributed by atoms with Crippen molar-refractivity contribution in [1.82, 2.24) is 0 Å². The number of rotatable bonds is 6. The third kappa shape index (κ3) is 4.41. The summed E-state index contributed by atoms with van der Waals surface area (Å²) in [6, 6.07) is 17.7. The molecule has 1 unspecified atom stereocenters. The van der Waals surface area contributed by atoms with E-state index in [0.717, 1.165) is 11.6 Å². The van der Waals surface area contributed by atoms with Gasteiger partial charge in [0.05, 0.1) is 12.2 Å². The molecule has 180 valence electrons. The van der Waals surface area contributed by atoms with Crippen molar-refractivity contribution in [3.8, 4) is 28.0 Å². The van der Waals surface area contributed by atoms with E-state index in [1.54, 1.807) is 30.3 Å². The quantitative estimate of drug-likeness (QED) is 0.122. The summed E-state index contributed by atoms with van der Waals surface area (Å²) in [7, 11) is 0. The maximum atomic E-state index is 14.9. The van der Waals surface area contributed by atoms with Crippen molar-refractivity contribution in [1.29, 1.82) is 0 Å². The van der Waals surface area contributed by atoms with E-state index in [0.29, 0.717) is 17.7 Å². The van der Waals surface area contributed by atoms with Crippen LogP contribution in [0.5, 0.6) is 5.75 Å². The lowest BCUT2D eigenvalue weighted by Crippen LogP contribution is -2.10. The Morgan fingerprint density at radius 2 is 1.33 bits per heavy atom. The molecule has 0 N–H and O–H groups in total. The molecule has 3 nitrogen and oxygen atoms in total. The Labute approximate surface area is 204 Å². The highest BCUT2D eigenvalue weighted by Gasteiger charge is 2.30. The molecule has 1 fully saturated rings. The van der Waals surface area contributed by atoms with E-state index >= 15 is 0 Å². The molecule has 1 atom stereocenters. The molecule has 1 saturated heterocycles. The van der Waals surface area contributed by atoms with Crippen molar-refractivity contribution < 1.29 is 31.8 Å². The summed E-state index contributed by atoms with van der Waals surface area (Å²) in [5.41, 5.74) is 1.89. The van der Waals surface area contributed by atoms with Gasteiger partial charge in [-0.2, -0.15) is 4.39 Å². The van der Waals surface area contributed by atoms with Gasteiger partial charge in [0, 0.05) is 16.7 Å². The van der Waals surface area contributed by atoms with Gasteiger partial charge in [-0.25, -0.2) is 18.0 Å². The van der Waals surface area contributed by atoms with Gasteiger partial charge in [-0.05, 0) is 41.0 Å². The van der Waals surface area contributed by atoms with Crippen LogP contribution in [0.15, 0.2) is 79.4 Å². The van der Waals surface area contributed by atoms with E-state index in [9.17, 15) is 22.4 Å². The molecule has 7 heteroatoms. The molecular formula is C29H18F4O3. The molecule has 36 heavy (non-hydrogen) atoms. The first-order chi connectivity index (χ1) is 17.4. The lowest BCUT2D eigenvalue weighted by atomic mass is 9.97. The molecule has 0 amide bonds. The normalized spacial score (nSPS) is 14.4. The minimum atomic E-state index is -1.29. The van der Waals surface area contributed by atoms with E-state index in [1.807, 2.05) is 0 Å². The van der Waals surface area contributed by atoms with Crippen LogP contribution in [0.4, 0.5) is 17.6 Å². The Bertz CT molecular complexity index is 1470. The number of ether oxygens (including phenoxy) is 2. The zero-order valence-electron chi connectivity index (χ0n) is 18.7. The number of carbonyl (C=O) groups excluding carboxylic acids is 1. The van der Waals surface area contributed by atoms with Crippen molar-refractivity contribution in [2.24, 2.45) is 0 Å². The molecule has 0 spiro atoms. The van der Waals surface area contributed by atoms with Crippen LogP contribution in [0, 0.1) is 23.3 Å². The first-order valence-electron chi connectivity index (χ1n) is 11.0. The van der Waals surface area contributed by atoms with Crippen LogP contribution in [0.3, 0.4) is 0 Å². The summed E-state index contributed by atoms with van der Waals surface area (Å²) < 4.78 is 68.2. The second kappa shape index (κ2) is 9.43. The number of hydrogen-bond acceptors (Lipinski definition) is 3. The van der Waals surface area contributed by atoms with Gasteiger partial charge in [0.15, 0.2) is 23.2 Å². The van der Waals surface area contributed by atoms with E-state index in [2.05, 4.69) is 6.58 Å². The van der Waals surface area contributed by atoms with Crippen molar-refractivity contribution in [3.05, 3.63) is 119 Å². The first kappa shape index (κ1) is 23.5. The fourth-order valence-corrected chi connectivity index (χ4v) is 3.84. The van der Waals surface area contributed by atoms with Gasteiger partial charge < -0.3 is 9.47 Å². The van der Waals surface area contributed by atoms with Crippen LogP contribution < -0.4 is 4.74 Å². The summed E-state index contributed by atoms with van der Waals surface area (Å²) in [5, 5.41) is 0. The summed E-state index contributed by atoms with van der Waals surface area (Å²) in [6.07, 6.45) is 1.16. The van der Waals surface area contributed by atoms with E-state index < -0.39 is 41.1 Å². The highest BCUT2D eigenvalue weighted by molar-refractivity contribution is 5.91. The number of benzene rings is 4. The molecule has 4 aromatic carbocycles. The minimum Gasteiger partial charge on any atom is -0.420 e. The van der Waals surface area contributed by atoms with Crippen molar-refractivity contribution in [2.75, 3.05) is 6.61 Å². The van der Waals surface area contributed by atoms with Crippen LogP contribution in [-0.4, -0.2) is 12.6 Å². The van der Waals surface area contributed by atoms with Gasteiger partial charge in [0.1, 0.15) is 6.10 Å². The summed E-state index contributed by atoms with van der Waals surface area (Å²) in [6.45, 7) is 3.97. The molecule has 0 aromatic heterocycles. The maximum absolute atomic E-state index is 14.9. The highest BCUT2D eigenvalue weighted by Crippen LogP contribution is 2.35. The predicted molar refractivity (Wildman–Crippen MR) is 127 cm³/mol. The second-order valence-electron chi connectivity index (χ2n) is 8.18. The average molecular weight is 490 g/mol. The highest BCUT2D eigenvalue weighted by atomic mass is 19.2. The third-order valence-electron chi connectivity index (χ3n) is 5.93. The van der Waals surface area contributed by atoms with Crippen molar-refractivity contribution in [2.45, 2.75) is 6.10 Å². The van der Waals surface area contributed by atoms with Crippen molar-refractivity contribution >= 4 is 12.0 Å². The average Bonchev–Trinajstić information content (AvgIpc) is 3.74. The minimum absolute atomic E-state index is 0.00452. The number of epoxide rings is 1. The second-order valence-corrected chi connectivity index (χ2v) is 8.18. The summed E-state index contributed by atoms with van der Waals surface area (Å²) in [4.78, 5) is 12.4. The van der Waals surface area contributed by atoms with Gasteiger partial charge >= 0.3 is 5.97 Å². The third-order valence-corrected chi connectivity index (χ3v) is 5.93. The molecule has 1 aliphatic heterocycles. The van der Waals surface area contributed by atoms with Gasteiger partial charge in [0.2, 0.25) is 5.82 Å². The van der Waals surface area contributed by atoms with Crippen molar-refractivity contribution in [3.63, 3.8) is 0 Å². The van der Waals surface area contributed by atoms with E-state index in [4.69, 9.17) is 9.47 Å². The standard InChI is InChI=1S/C29H18F4O3/c1-2-16-3-5-17(6-4-16)20-11-12-21(26(31)25(20)30)18-7-9-19(10-8-18)29(34)36-23-14-13-22(24-15-35-24)27(32)28(23)33/h2-14,24H,1,15H2. The molecular weight excluding hydrogens is 472 g/mol. The Balaban J connectivity index is 1.35. The monoisotopic (exact) mass is 490 g/mol. The fraction of sp³-hybridized carbons (Fsp3) is 0.0690. The maximum Gasteiger partial charge on any atom is 0.343 e. The summed E-state index contributed by atoms with van der Waals surface area (Å²) in [5.74, 6) is -5.94. The number of hydrogen-bond donors (Lipinski definition) is 0. The number of carbonyl (C=O) groups is 1. The molecule has 0 aliphatic carbocycles. The SMILES string of the molecule is C=Cc1ccc(-c2ccc(-c3ccc(C(=O)Oc4ccc(C5CO5)c(F)c4F)cc3)c(F)c2F)cc1. The number of esters is 1. The first-order valence-corrected chi connectivity index (χ1v) is 11.0. The molecule has 0 radical (unpaired) electrons. The van der Waals surface area contributed by atoms with E-state index in [1.165, 1.54) is 42.5 Å². The van der Waals surface area contributed by atoms with Crippen LogP contribution in [0.2, 0.25) is 0 Å². The largest absolute Gasteiger partial charge is 0.420 e. The lowest BCUT2D eigenvalue weighted by Gasteiger charge is -2.11. The van der Waals surface area contributed by atoms with Crippen LogP contribution in [-0.2, 0) is 4.74 Å². The van der Waals surface area contributed by atoms with Crippen LogP contribution in [0.1, 0.15) is 27.6 Å². The molecule has 5 rings (SSSR count). The lowest BCUT2D eigenvalue weighted by molar-refractivity contribution is 0.0726. The summed E-state index contributed by atoms with van der Waals surface area (Å²) >= 11 is 0. The van der Waals surface area contributed by atoms with Crippen LogP contribution >= 0.6 is 0 Å². The Morgan fingerprint density at radius 1 is 0.778 bits per heavy atom.